The third-order valence-corrected chi connectivity index (χ3v) is 5.38. The number of rotatable bonds is 3. The average Bonchev–Trinajstić information content (AvgIpc) is 2.41. The van der Waals surface area contributed by atoms with Crippen LogP contribution in [0.3, 0.4) is 0 Å². The SMILES string of the molecule is O=S(=O)(NC1CN2CCC1CC2)c1cccnc1. The first kappa shape index (κ1) is 12.1. The molecule has 0 aliphatic carbocycles. The van der Waals surface area contributed by atoms with Crippen molar-refractivity contribution < 1.29 is 8.42 Å². The van der Waals surface area contributed by atoms with Gasteiger partial charge >= 0.3 is 0 Å². The quantitative estimate of drug-likeness (QED) is 0.864. The second-order valence-electron chi connectivity index (χ2n) is 5.05. The molecule has 4 heterocycles. The molecular weight excluding hydrogens is 250 g/mol. The van der Waals surface area contributed by atoms with Crippen molar-refractivity contribution in [2.24, 2.45) is 5.92 Å². The van der Waals surface area contributed by atoms with Gasteiger partial charge in [0, 0.05) is 25.0 Å². The lowest BCUT2D eigenvalue weighted by Crippen LogP contribution is -2.57. The summed E-state index contributed by atoms with van der Waals surface area (Å²) in [5.41, 5.74) is 0. The lowest BCUT2D eigenvalue weighted by Gasteiger charge is -2.44. The molecule has 1 unspecified atom stereocenters. The number of sulfonamides is 1. The smallest absolute Gasteiger partial charge is 0.242 e. The number of fused-ring (bicyclic) bond motifs is 3. The molecule has 1 N–H and O–H groups in total. The van der Waals surface area contributed by atoms with Gasteiger partial charge in [0.1, 0.15) is 4.90 Å². The van der Waals surface area contributed by atoms with Crippen molar-refractivity contribution in [1.29, 1.82) is 0 Å². The zero-order valence-electron chi connectivity index (χ0n) is 10.1. The molecule has 0 radical (unpaired) electrons. The van der Waals surface area contributed by atoms with E-state index in [0.717, 1.165) is 32.5 Å². The van der Waals surface area contributed by atoms with Gasteiger partial charge in [-0.15, -0.1) is 0 Å². The Hall–Kier alpha value is -0.980. The summed E-state index contributed by atoms with van der Waals surface area (Å²) >= 11 is 0. The van der Waals surface area contributed by atoms with Crippen LogP contribution < -0.4 is 4.72 Å². The topological polar surface area (TPSA) is 62.3 Å². The fourth-order valence-electron chi connectivity index (χ4n) is 2.87. The maximum atomic E-state index is 12.2. The van der Waals surface area contributed by atoms with Crippen LogP contribution in [0.2, 0.25) is 0 Å². The van der Waals surface area contributed by atoms with E-state index in [1.807, 2.05) is 0 Å². The normalized spacial score (nSPS) is 31.4. The standard InChI is InChI=1S/C12H17N3O2S/c16-18(17,11-2-1-5-13-8-11)14-12-9-15-6-3-10(12)4-7-15/h1-2,5,8,10,12,14H,3-4,6-7,9H2. The molecule has 0 aromatic carbocycles. The van der Waals surface area contributed by atoms with Gasteiger partial charge in [0.15, 0.2) is 0 Å². The van der Waals surface area contributed by atoms with Crippen molar-refractivity contribution in [3.63, 3.8) is 0 Å². The summed E-state index contributed by atoms with van der Waals surface area (Å²) in [7, 11) is -3.42. The van der Waals surface area contributed by atoms with Crippen LogP contribution in [0, 0.1) is 5.92 Å². The van der Waals surface area contributed by atoms with E-state index in [9.17, 15) is 8.42 Å². The van der Waals surface area contributed by atoms with Crippen molar-refractivity contribution in [3.8, 4) is 0 Å². The average molecular weight is 267 g/mol. The van der Waals surface area contributed by atoms with Crippen molar-refractivity contribution in [2.75, 3.05) is 19.6 Å². The molecule has 5 nitrogen and oxygen atoms in total. The predicted octanol–water partition coefficient (Wildman–Crippen LogP) is 0.454. The first-order valence-corrected chi connectivity index (χ1v) is 7.78. The summed E-state index contributed by atoms with van der Waals surface area (Å²) in [6.07, 6.45) is 5.16. The molecule has 3 aliphatic rings. The summed E-state index contributed by atoms with van der Waals surface area (Å²) in [5.74, 6) is 0.487. The summed E-state index contributed by atoms with van der Waals surface area (Å²) in [6, 6.07) is 3.28. The molecule has 0 saturated carbocycles. The molecule has 1 atom stereocenters. The number of hydrogen-bond donors (Lipinski definition) is 1. The Morgan fingerprint density at radius 1 is 1.33 bits per heavy atom. The van der Waals surface area contributed by atoms with Crippen LogP contribution in [0.25, 0.3) is 0 Å². The van der Waals surface area contributed by atoms with E-state index in [1.165, 1.54) is 6.20 Å². The number of pyridine rings is 1. The van der Waals surface area contributed by atoms with Crippen molar-refractivity contribution >= 4 is 10.0 Å². The molecule has 3 saturated heterocycles. The first-order valence-electron chi connectivity index (χ1n) is 6.30. The zero-order valence-corrected chi connectivity index (χ0v) is 10.9. The van der Waals surface area contributed by atoms with E-state index in [1.54, 1.807) is 18.3 Å². The lowest BCUT2D eigenvalue weighted by molar-refractivity contribution is 0.0827. The highest BCUT2D eigenvalue weighted by atomic mass is 32.2. The third-order valence-electron chi connectivity index (χ3n) is 3.91. The number of nitrogens with one attached hydrogen (secondary N) is 1. The van der Waals surface area contributed by atoms with Crippen LogP contribution in [0.4, 0.5) is 0 Å². The maximum absolute atomic E-state index is 12.2. The summed E-state index contributed by atoms with van der Waals surface area (Å²) in [6.45, 7) is 3.05. The molecule has 4 rings (SSSR count). The highest BCUT2D eigenvalue weighted by Gasteiger charge is 2.36. The minimum Gasteiger partial charge on any atom is -0.302 e. The van der Waals surface area contributed by atoms with Crippen LogP contribution in [-0.4, -0.2) is 44.0 Å². The molecule has 2 bridgehead atoms. The first-order chi connectivity index (χ1) is 8.65. The third kappa shape index (κ3) is 2.28. The highest BCUT2D eigenvalue weighted by molar-refractivity contribution is 7.89. The van der Waals surface area contributed by atoms with Gasteiger partial charge in [0.25, 0.3) is 0 Å². The van der Waals surface area contributed by atoms with Crippen LogP contribution >= 0.6 is 0 Å². The number of piperidine rings is 3. The van der Waals surface area contributed by atoms with Gasteiger partial charge in [-0.2, -0.15) is 0 Å². The fourth-order valence-corrected chi connectivity index (χ4v) is 4.13. The Labute approximate surface area is 107 Å². The van der Waals surface area contributed by atoms with Gasteiger partial charge in [-0.1, -0.05) is 0 Å². The molecule has 3 fully saturated rings. The molecule has 1 aromatic heterocycles. The fraction of sp³-hybridized carbons (Fsp3) is 0.583. The van der Waals surface area contributed by atoms with Gasteiger partial charge in [-0.3, -0.25) is 4.98 Å². The molecule has 1 aromatic rings. The number of hydrogen-bond acceptors (Lipinski definition) is 4. The summed E-state index contributed by atoms with van der Waals surface area (Å²) < 4.78 is 27.2. The van der Waals surface area contributed by atoms with Gasteiger partial charge in [0.05, 0.1) is 0 Å². The van der Waals surface area contributed by atoms with Gasteiger partial charge in [-0.05, 0) is 44.0 Å². The van der Waals surface area contributed by atoms with Crippen molar-refractivity contribution in [3.05, 3.63) is 24.5 Å². The van der Waals surface area contributed by atoms with Gasteiger partial charge in [-0.25, -0.2) is 13.1 Å². The Morgan fingerprint density at radius 3 is 2.67 bits per heavy atom. The van der Waals surface area contributed by atoms with Crippen LogP contribution in [-0.2, 0) is 10.0 Å². The Morgan fingerprint density at radius 2 is 2.11 bits per heavy atom. The minimum absolute atomic E-state index is 0.0534. The van der Waals surface area contributed by atoms with Crippen LogP contribution in [0.1, 0.15) is 12.8 Å². The minimum atomic E-state index is -3.42. The molecule has 0 amide bonds. The van der Waals surface area contributed by atoms with E-state index in [-0.39, 0.29) is 10.9 Å². The van der Waals surface area contributed by atoms with Gasteiger partial charge < -0.3 is 4.90 Å². The Bertz CT molecular complexity index is 509. The molecule has 3 aliphatic heterocycles. The van der Waals surface area contributed by atoms with E-state index >= 15 is 0 Å². The van der Waals surface area contributed by atoms with Crippen LogP contribution in [0.15, 0.2) is 29.4 Å². The second kappa shape index (κ2) is 4.60. The zero-order chi connectivity index (χ0) is 12.6. The second-order valence-corrected chi connectivity index (χ2v) is 6.77. The van der Waals surface area contributed by atoms with E-state index in [4.69, 9.17) is 0 Å². The number of nitrogens with zero attached hydrogens (tertiary/aromatic N) is 2. The molecule has 98 valence electrons. The predicted molar refractivity (Wildman–Crippen MR) is 67.5 cm³/mol. The van der Waals surface area contributed by atoms with Crippen molar-refractivity contribution in [1.82, 2.24) is 14.6 Å². The summed E-state index contributed by atoms with van der Waals surface area (Å²) in [5, 5.41) is 0. The largest absolute Gasteiger partial charge is 0.302 e. The number of aromatic nitrogens is 1. The van der Waals surface area contributed by atoms with Crippen LogP contribution in [0.5, 0.6) is 0 Å². The van der Waals surface area contributed by atoms with E-state index < -0.39 is 10.0 Å². The summed E-state index contributed by atoms with van der Waals surface area (Å²) in [4.78, 5) is 6.44. The molecule has 18 heavy (non-hydrogen) atoms. The van der Waals surface area contributed by atoms with Gasteiger partial charge in [0.2, 0.25) is 10.0 Å². The monoisotopic (exact) mass is 267 g/mol. The molecule has 6 heteroatoms. The van der Waals surface area contributed by atoms with Crippen molar-refractivity contribution in [2.45, 2.75) is 23.8 Å². The lowest BCUT2D eigenvalue weighted by atomic mass is 9.85. The van der Waals surface area contributed by atoms with E-state index in [2.05, 4.69) is 14.6 Å². The molecular formula is C12H17N3O2S. The highest BCUT2D eigenvalue weighted by Crippen LogP contribution is 2.28. The Balaban J connectivity index is 1.77. The Kier molecular flexibility index (Phi) is 3.09. The molecule has 0 spiro atoms. The van der Waals surface area contributed by atoms with E-state index in [0.29, 0.717) is 5.92 Å². The maximum Gasteiger partial charge on any atom is 0.242 e.